The molecule has 48 heavy (non-hydrogen) atoms. The number of hydrogen-bond donors (Lipinski definition) is 0. The van der Waals surface area contributed by atoms with Gasteiger partial charge in [0.2, 0.25) is 5.91 Å². The van der Waals surface area contributed by atoms with E-state index in [2.05, 4.69) is 141 Å². The first-order valence-electron chi connectivity index (χ1n) is 17.4. The Bertz CT molecular complexity index is 1440. The maximum atomic E-state index is 13.0. The summed E-state index contributed by atoms with van der Waals surface area (Å²) in [6, 6.07) is 32.6. The third-order valence-electron chi connectivity index (χ3n) is 10.4. The van der Waals surface area contributed by atoms with Gasteiger partial charge in [0.05, 0.1) is 24.8 Å². The Morgan fingerprint density at radius 3 is 1.85 bits per heavy atom. The van der Waals surface area contributed by atoms with E-state index in [1.54, 1.807) is 11.8 Å². The average molecular weight is 668 g/mol. The van der Waals surface area contributed by atoms with Crippen LogP contribution in [0.2, 0.25) is 18.1 Å². The van der Waals surface area contributed by atoms with E-state index in [-0.39, 0.29) is 36.1 Å². The number of ether oxygens (including phenoxy) is 1. The molecule has 0 spiro atoms. The number of carbonyl (C=O) groups excluding carboxylic acids is 2. The van der Waals surface area contributed by atoms with Crippen LogP contribution in [0.3, 0.4) is 0 Å². The van der Waals surface area contributed by atoms with Crippen molar-refractivity contribution in [3.05, 3.63) is 119 Å². The first-order chi connectivity index (χ1) is 23.0. The summed E-state index contributed by atoms with van der Waals surface area (Å²) in [6.45, 7) is 17.4. The number of hydrogen-bond acceptors (Lipinski definition) is 6. The number of esters is 1. The molecule has 2 saturated heterocycles. The summed E-state index contributed by atoms with van der Waals surface area (Å²) in [5, 5.41) is 0.0821. The SMILES string of the molecule is CCOC(=O)CN1CCN(C/C=C2/CN(C(c3ccccc3)(c3ccccc3)c3ccccc3)CCC2O[Si](C)(C)C(C)(C)C)CC1=O. The van der Waals surface area contributed by atoms with Crippen LogP contribution in [0.15, 0.2) is 103 Å². The topological polar surface area (TPSA) is 62.3 Å². The van der Waals surface area contributed by atoms with Gasteiger partial charge in [0.1, 0.15) is 6.54 Å². The Morgan fingerprint density at radius 1 is 0.833 bits per heavy atom. The second kappa shape index (κ2) is 15.3. The Labute approximate surface area is 288 Å². The monoisotopic (exact) mass is 667 g/mol. The fourth-order valence-electron chi connectivity index (χ4n) is 6.78. The minimum atomic E-state index is -2.08. The molecular weight excluding hydrogens is 615 g/mol. The molecule has 1 amide bonds. The number of piperidine rings is 1. The summed E-state index contributed by atoms with van der Waals surface area (Å²) in [4.78, 5) is 31.5. The van der Waals surface area contributed by atoms with Gasteiger partial charge in [-0.3, -0.25) is 19.4 Å². The van der Waals surface area contributed by atoms with Gasteiger partial charge in [-0.05, 0) is 53.7 Å². The van der Waals surface area contributed by atoms with Gasteiger partial charge in [-0.25, -0.2) is 0 Å². The van der Waals surface area contributed by atoms with Crippen molar-refractivity contribution in [3.8, 4) is 0 Å². The fraction of sp³-hybridized carbons (Fsp3) is 0.450. The van der Waals surface area contributed by atoms with E-state index in [1.165, 1.54) is 22.3 Å². The minimum Gasteiger partial charge on any atom is -0.465 e. The van der Waals surface area contributed by atoms with Gasteiger partial charge in [0.15, 0.2) is 8.32 Å². The molecule has 0 N–H and O–H groups in total. The number of nitrogens with zero attached hydrogens (tertiary/aromatic N) is 3. The first kappa shape index (κ1) is 35.7. The number of rotatable bonds is 11. The van der Waals surface area contributed by atoms with Crippen molar-refractivity contribution >= 4 is 20.2 Å². The van der Waals surface area contributed by atoms with Crippen molar-refractivity contribution in [3.63, 3.8) is 0 Å². The van der Waals surface area contributed by atoms with E-state index in [4.69, 9.17) is 9.16 Å². The van der Waals surface area contributed by atoms with Crippen LogP contribution < -0.4 is 0 Å². The molecule has 2 aliphatic rings. The van der Waals surface area contributed by atoms with Crippen LogP contribution in [-0.2, 0) is 24.3 Å². The zero-order valence-electron chi connectivity index (χ0n) is 29.7. The predicted molar refractivity (Wildman–Crippen MR) is 195 cm³/mol. The standard InChI is InChI=1S/C40H53N3O4Si/c1-7-46-38(45)31-42-28-27-41(30-37(42)44)25-23-32-29-43(26-24-36(32)47-48(5,6)39(2,3)4)40(33-17-11-8-12-18-33,34-19-13-9-14-20-34)35-21-15-10-16-22-35/h8-23,36H,7,24-31H2,1-6H3/b32-23-. The molecule has 2 heterocycles. The normalized spacial score (nSPS) is 19.5. The van der Waals surface area contributed by atoms with Gasteiger partial charge in [-0.2, -0.15) is 0 Å². The van der Waals surface area contributed by atoms with Crippen LogP contribution >= 0.6 is 0 Å². The Hall–Kier alpha value is -3.56. The molecule has 8 heteroatoms. The highest BCUT2D eigenvalue weighted by Gasteiger charge is 2.46. The molecule has 2 fully saturated rings. The van der Waals surface area contributed by atoms with Crippen LogP contribution in [0.5, 0.6) is 0 Å². The van der Waals surface area contributed by atoms with E-state index in [1.807, 2.05) is 0 Å². The molecule has 5 rings (SSSR count). The zero-order chi connectivity index (χ0) is 34.4. The molecule has 256 valence electrons. The smallest absolute Gasteiger partial charge is 0.325 e. The summed E-state index contributed by atoms with van der Waals surface area (Å²) in [6.07, 6.45) is 3.20. The maximum absolute atomic E-state index is 13.0. The molecule has 1 atom stereocenters. The summed E-state index contributed by atoms with van der Waals surface area (Å²) in [5.74, 6) is -0.392. The van der Waals surface area contributed by atoms with E-state index < -0.39 is 13.9 Å². The zero-order valence-corrected chi connectivity index (χ0v) is 30.7. The van der Waals surface area contributed by atoms with Gasteiger partial charge < -0.3 is 14.1 Å². The Kier molecular flexibility index (Phi) is 11.4. The molecule has 0 bridgehead atoms. The van der Waals surface area contributed by atoms with Crippen molar-refractivity contribution < 1.29 is 18.8 Å². The third-order valence-corrected chi connectivity index (χ3v) is 14.9. The van der Waals surface area contributed by atoms with Gasteiger partial charge >= 0.3 is 5.97 Å². The minimum absolute atomic E-state index is 0.00275. The highest BCUT2D eigenvalue weighted by Crippen LogP contribution is 2.45. The number of carbonyl (C=O) groups is 2. The largest absolute Gasteiger partial charge is 0.465 e. The second-order valence-corrected chi connectivity index (χ2v) is 19.3. The van der Waals surface area contributed by atoms with Gasteiger partial charge in [-0.1, -0.05) is 118 Å². The summed E-state index contributed by atoms with van der Waals surface area (Å²) < 4.78 is 12.3. The number of amides is 1. The van der Waals surface area contributed by atoms with Crippen molar-refractivity contribution in [2.45, 2.75) is 63.9 Å². The fourth-order valence-corrected chi connectivity index (χ4v) is 8.12. The van der Waals surface area contributed by atoms with E-state index in [0.717, 1.165) is 19.5 Å². The molecule has 0 radical (unpaired) electrons. The van der Waals surface area contributed by atoms with Crippen molar-refractivity contribution in [1.82, 2.24) is 14.7 Å². The molecule has 2 aliphatic heterocycles. The van der Waals surface area contributed by atoms with E-state index in [9.17, 15) is 9.59 Å². The third kappa shape index (κ3) is 7.83. The predicted octanol–water partition coefficient (Wildman–Crippen LogP) is 6.71. The molecule has 1 unspecified atom stereocenters. The number of likely N-dealkylation sites (tertiary alicyclic amines) is 1. The van der Waals surface area contributed by atoms with Crippen molar-refractivity contribution in [2.24, 2.45) is 0 Å². The molecular formula is C40H53N3O4Si. The van der Waals surface area contributed by atoms with Gasteiger partial charge in [-0.15, -0.1) is 0 Å². The molecule has 3 aromatic carbocycles. The summed E-state index contributed by atoms with van der Waals surface area (Å²) >= 11 is 0. The molecule has 0 saturated carbocycles. The van der Waals surface area contributed by atoms with Gasteiger partial charge in [0.25, 0.3) is 0 Å². The summed E-state index contributed by atoms with van der Waals surface area (Å²) in [5.41, 5.74) is 4.44. The van der Waals surface area contributed by atoms with E-state index in [0.29, 0.717) is 26.2 Å². The molecule has 0 aliphatic carbocycles. The van der Waals surface area contributed by atoms with Crippen LogP contribution in [0.4, 0.5) is 0 Å². The molecule has 7 nitrogen and oxygen atoms in total. The van der Waals surface area contributed by atoms with Crippen LogP contribution in [0.25, 0.3) is 0 Å². The lowest BCUT2D eigenvalue weighted by Gasteiger charge is -2.50. The highest BCUT2D eigenvalue weighted by molar-refractivity contribution is 6.74. The lowest BCUT2D eigenvalue weighted by Crippen LogP contribution is -2.55. The lowest BCUT2D eigenvalue weighted by molar-refractivity contribution is -0.150. The van der Waals surface area contributed by atoms with Crippen molar-refractivity contribution in [2.75, 3.05) is 52.4 Å². The van der Waals surface area contributed by atoms with Gasteiger partial charge in [0, 0.05) is 32.7 Å². The average Bonchev–Trinajstić information content (AvgIpc) is 3.07. The Morgan fingerprint density at radius 2 is 1.38 bits per heavy atom. The Balaban J connectivity index is 1.51. The highest BCUT2D eigenvalue weighted by atomic mass is 28.4. The molecule has 0 aromatic heterocycles. The maximum Gasteiger partial charge on any atom is 0.325 e. The van der Waals surface area contributed by atoms with Crippen molar-refractivity contribution in [1.29, 1.82) is 0 Å². The number of benzene rings is 3. The number of piperazine rings is 1. The quantitative estimate of drug-likeness (QED) is 0.0981. The summed E-state index contributed by atoms with van der Waals surface area (Å²) in [7, 11) is -2.08. The lowest BCUT2D eigenvalue weighted by atomic mass is 9.74. The second-order valence-electron chi connectivity index (χ2n) is 14.5. The van der Waals surface area contributed by atoms with E-state index >= 15 is 0 Å². The van der Waals surface area contributed by atoms with Crippen LogP contribution in [0, 0.1) is 0 Å². The molecule has 3 aromatic rings. The van der Waals surface area contributed by atoms with Crippen LogP contribution in [-0.4, -0.2) is 93.4 Å². The van der Waals surface area contributed by atoms with Crippen LogP contribution in [0.1, 0.15) is 50.8 Å². The first-order valence-corrected chi connectivity index (χ1v) is 20.3.